The van der Waals surface area contributed by atoms with E-state index < -0.39 is 0 Å². The molecule has 0 spiro atoms. The van der Waals surface area contributed by atoms with E-state index in [0.29, 0.717) is 12.0 Å². The van der Waals surface area contributed by atoms with Crippen LogP contribution in [0.4, 0.5) is 0 Å². The van der Waals surface area contributed by atoms with Crippen LogP contribution in [0.3, 0.4) is 0 Å². The summed E-state index contributed by atoms with van der Waals surface area (Å²) in [6.45, 7) is 5.16. The summed E-state index contributed by atoms with van der Waals surface area (Å²) in [7, 11) is 0. The molecule has 0 radical (unpaired) electrons. The number of nitrogens with two attached hydrogens (primary N) is 1. The Bertz CT molecular complexity index is 299. The Hall–Kier alpha value is -0.930. The molecule has 2 atom stereocenters. The molecular weight excluding hydrogens is 186 g/mol. The number of aromatic nitrogens is 1. The topological polar surface area (TPSA) is 42.1 Å². The molecule has 82 valence electrons. The van der Waals surface area contributed by atoms with Crippen molar-refractivity contribution in [3.63, 3.8) is 0 Å². The molecule has 0 bridgehead atoms. The highest BCUT2D eigenvalue weighted by molar-refractivity contribution is 5.04. The zero-order valence-electron chi connectivity index (χ0n) is 9.26. The van der Waals surface area contributed by atoms with E-state index in [9.17, 15) is 0 Å². The Morgan fingerprint density at radius 3 is 3.00 bits per heavy atom. The lowest BCUT2D eigenvalue weighted by Crippen LogP contribution is -2.27. The standard InChI is InChI=1S/C12H19N3/c1-10-6-11(7-13)8-15(10)9-12-4-2-3-5-14-12/h2-5,10-11H,6-9,13H2,1H3. The van der Waals surface area contributed by atoms with Gasteiger partial charge < -0.3 is 5.73 Å². The van der Waals surface area contributed by atoms with Gasteiger partial charge in [-0.15, -0.1) is 0 Å². The summed E-state index contributed by atoms with van der Waals surface area (Å²) in [5.74, 6) is 0.670. The van der Waals surface area contributed by atoms with E-state index in [-0.39, 0.29) is 0 Å². The molecule has 0 aliphatic carbocycles. The van der Waals surface area contributed by atoms with E-state index in [4.69, 9.17) is 5.73 Å². The molecule has 2 heterocycles. The van der Waals surface area contributed by atoms with Gasteiger partial charge in [-0.3, -0.25) is 9.88 Å². The summed E-state index contributed by atoms with van der Waals surface area (Å²) in [5, 5.41) is 0. The minimum Gasteiger partial charge on any atom is -0.330 e. The zero-order valence-corrected chi connectivity index (χ0v) is 9.26. The molecule has 3 nitrogen and oxygen atoms in total. The molecule has 1 fully saturated rings. The SMILES string of the molecule is CC1CC(CN)CN1Cc1ccccn1. The summed E-state index contributed by atoms with van der Waals surface area (Å²) in [6.07, 6.45) is 3.08. The van der Waals surface area contributed by atoms with E-state index in [1.165, 1.54) is 6.42 Å². The Morgan fingerprint density at radius 2 is 2.40 bits per heavy atom. The highest BCUT2D eigenvalue weighted by Gasteiger charge is 2.27. The third kappa shape index (κ3) is 2.55. The fourth-order valence-corrected chi connectivity index (χ4v) is 2.31. The lowest BCUT2D eigenvalue weighted by Gasteiger charge is -2.20. The molecule has 0 amide bonds. The lowest BCUT2D eigenvalue weighted by molar-refractivity contribution is 0.253. The van der Waals surface area contributed by atoms with Crippen LogP contribution in [0.25, 0.3) is 0 Å². The van der Waals surface area contributed by atoms with Crippen LogP contribution in [0.15, 0.2) is 24.4 Å². The van der Waals surface area contributed by atoms with Crippen molar-refractivity contribution < 1.29 is 0 Å². The van der Waals surface area contributed by atoms with Crippen molar-refractivity contribution in [2.24, 2.45) is 11.7 Å². The van der Waals surface area contributed by atoms with Gasteiger partial charge in [0, 0.05) is 25.3 Å². The molecule has 3 heteroatoms. The Labute approximate surface area is 91.3 Å². The van der Waals surface area contributed by atoms with Crippen LogP contribution in [-0.2, 0) is 6.54 Å². The minimum atomic E-state index is 0.639. The predicted molar refractivity (Wildman–Crippen MR) is 61.3 cm³/mol. The van der Waals surface area contributed by atoms with Gasteiger partial charge in [0.25, 0.3) is 0 Å². The summed E-state index contributed by atoms with van der Waals surface area (Å²) in [6, 6.07) is 6.73. The first-order chi connectivity index (χ1) is 7.29. The molecule has 2 N–H and O–H groups in total. The van der Waals surface area contributed by atoms with Gasteiger partial charge in [-0.2, -0.15) is 0 Å². The number of hydrogen-bond acceptors (Lipinski definition) is 3. The Balaban J connectivity index is 1.96. The first kappa shape index (κ1) is 10.6. The number of nitrogens with zero attached hydrogens (tertiary/aromatic N) is 2. The van der Waals surface area contributed by atoms with Crippen LogP contribution in [0.2, 0.25) is 0 Å². The maximum atomic E-state index is 5.71. The van der Waals surface area contributed by atoms with Crippen molar-refractivity contribution in [1.82, 2.24) is 9.88 Å². The monoisotopic (exact) mass is 205 g/mol. The first-order valence-corrected chi connectivity index (χ1v) is 5.63. The molecule has 1 saturated heterocycles. The summed E-state index contributed by atoms with van der Waals surface area (Å²) < 4.78 is 0. The number of hydrogen-bond donors (Lipinski definition) is 1. The zero-order chi connectivity index (χ0) is 10.7. The highest BCUT2D eigenvalue weighted by Crippen LogP contribution is 2.23. The molecule has 1 aliphatic heterocycles. The highest BCUT2D eigenvalue weighted by atomic mass is 15.2. The second-order valence-corrected chi connectivity index (χ2v) is 4.44. The van der Waals surface area contributed by atoms with Gasteiger partial charge in [0.15, 0.2) is 0 Å². The van der Waals surface area contributed by atoms with Crippen molar-refractivity contribution in [3.8, 4) is 0 Å². The van der Waals surface area contributed by atoms with Crippen LogP contribution in [0.1, 0.15) is 19.0 Å². The fourth-order valence-electron chi connectivity index (χ4n) is 2.31. The summed E-state index contributed by atoms with van der Waals surface area (Å²) in [4.78, 5) is 6.83. The second-order valence-electron chi connectivity index (χ2n) is 4.44. The largest absolute Gasteiger partial charge is 0.330 e. The number of pyridine rings is 1. The van der Waals surface area contributed by atoms with Gasteiger partial charge in [-0.05, 0) is 37.9 Å². The van der Waals surface area contributed by atoms with Crippen molar-refractivity contribution in [1.29, 1.82) is 0 Å². The smallest absolute Gasteiger partial charge is 0.0544 e. The molecule has 15 heavy (non-hydrogen) atoms. The van der Waals surface area contributed by atoms with Crippen molar-refractivity contribution in [3.05, 3.63) is 30.1 Å². The number of rotatable bonds is 3. The average molecular weight is 205 g/mol. The van der Waals surface area contributed by atoms with Crippen molar-refractivity contribution in [2.75, 3.05) is 13.1 Å². The van der Waals surface area contributed by atoms with Gasteiger partial charge in [0.05, 0.1) is 5.69 Å². The van der Waals surface area contributed by atoms with Crippen molar-refractivity contribution in [2.45, 2.75) is 25.9 Å². The Morgan fingerprint density at radius 1 is 1.53 bits per heavy atom. The van der Waals surface area contributed by atoms with E-state index in [2.05, 4.69) is 22.9 Å². The molecule has 0 saturated carbocycles. The van der Waals surface area contributed by atoms with Crippen LogP contribution in [0.5, 0.6) is 0 Å². The third-order valence-electron chi connectivity index (χ3n) is 3.22. The lowest BCUT2D eigenvalue weighted by atomic mass is 10.1. The molecule has 2 rings (SSSR count). The third-order valence-corrected chi connectivity index (χ3v) is 3.22. The Kier molecular flexibility index (Phi) is 3.34. The molecule has 1 aromatic rings. The van der Waals surface area contributed by atoms with E-state index in [0.717, 1.165) is 25.3 Å². The van der Waals surface area contributed by atoms with Gasteiger partial charge in [0.2, 0.25) is 0 Å². The van der Waals surface area contributed by atoms with E-state index in [1.54, 1.807) is 0 Å². The van der Waals surface area contributed by atoms with Crippen LogP contribution >= 0.6 is 0 Å². The minimum absolute atomic E-state index is 0.639. The number of likely N-dealkylation sites (tertiary alicyclic amines) is 1. The van der Waals surface area contributed by atoms with Crippen LogP contribution in [0, 0.1) is 5.92 Å². The maximum absolute atomic E-state index is 5.71. The van der Waals surface area contributed by atoms with E-state index in [1.807, 2.05) is 18.3 Å². The average Bonchev–Trinajstić information content (AvgIpc) is 2.61. The van der Waals surface area contributed by atoms with Crippen LogP contribution in [-0.4, -0.2) is 29.0 Å². The fraction of sp³-hybridized carbons (Fsp3) is 0.583. The predicted octanol–water partition coefficient (Wildman–Crippen LogP) is 1.25. The van der Waals surface area contributed by atoms with Gasteiger partial charge in [0.1, 0.15) is 0 Å². The van der Waals surface area contributed by atoms with Gasteiger partial charge >= 0.3 is 0 Å². The molecule has 1 aromatic heterocycles. The van der Waals surface area contributed by atoms with Gasteiger partial charge in [-0.1, -0.05) is 6.07 Å². The van der Waals surface area contributed by atoms with Crippen molar-refractivity contribution >= 4 is 0 Å². The summed E-state index contributed by atoms with van der Waals surface area (Å²) >= 11 is 0. The molecular formula is C12H19N3. The maximum Gasteiger partial charge on any atom is 0.0544 e. The van der Waals surface area contributed by atoms with E-state index >= 15 is 0 Å². The molecule has 1 aliphatic rings. The normalized spacial score (nSPS) is 27.1. The molecule has 0 aromatic carbocycles. The van der Waals surface area contributed by atoms with Crippen LogP contribution < -0.4 is 5.73 Å². The summed E-state index contributed by atoms with van der Waals surface area (Å²) in [5.41, 5.74) is 6.86. The first-order valence-electron chi connectivity index (χ1n) is 5.63. The quantitative estimate of drug-likeness (QED) is 0.807. The molecule has 2 unspecified atom stereocenters. The second kappa shape index (κ2) is 4.73. The van der Waals surface area contributed by atoms with Gasteiger partial charge in [-0.25, -0.2) is 0 Å².